The monoisotopic (exact) mass is 364 g/mol. The lowest BCUT2D eigenvalue weighted by Gasteiger charge is -2.08. The summed E-state index contributed by atoms with van der Waals surface area (Å²) in [5.41, 5.74) is 0. The smallest absolute Gasteiger partial charge is 0.295 e. The molecule has 0 unspecified atom stereocenters. The van der Waals surface area contributed by atoms with E-state index < -0.39 is 8.25 Å². The molecule has 0 aromatic heterocycles. The number of hydrogen-bond acceptors (Lipinski definition) is 5. The van der Waals surface area contributed by atoms with Crippen LogP contribution in [0, 0.1) is 0 Å². The van der Waals surface area contributed by atoms with Crippen molar-refractivity contribution < 1.29 is 13.6 Å². The summed E-state index contributed by atoms with van der Waals surface area (Å²) in [7, 11) is -2.37. The molecule has 6 heteroatoms. The van der Waals surface area contributed by atoms with Crippen LogP contribution in [0.4, 0.5) is 0 Å². The molecule has 0 aliphatic rings. The summed E-state index contributed by atoms with van der Waals surface area (Å²) in [6.45, 7) is 6.91. The standard InChI is InChI=1S/C18H41N2O3P/c1-3-5-7-9-11-13-15-19-17-22-24(21)23-18-20-16-14-12-10-8-6-4-2/h19-20,24H,3-18H2,1-2H3. The van der Waals surface area contributed by atoms with Crippen LogP contribution < -0.4 is 10.6 Å². The van der Waals surface area contributed by atoms with Crippen molar-refractivity contribution in [2.24, 2.45) is 0 Å². The highest BCUT2D eigenvalue weighted by Gasteiger charge is 1.99. The summed E-state index contributed by atoms with van der Waals surface area (Å²) in [5.74, 6) is 0. The molecule has 0 aliphatic heterocycles. The van der Waals surface area contributed by atoms with Gasteiger partial charge < -0.3 is 0 Å². The van der Waals surface area contributed by atoms with E-state index in [9.17, 15) is 4.57 Å². The lowest BCUT2D eigenvalue weighted by Crippen LogP contribution is -2.19. The third kappa shape index (κ3) is 20.1. The quantitative estimate of drug-likeness (QED) is 0.176. The van der Waals surface area contributed by atoms with E-state index in [1.54, 1.807) is 0 Å². The van der Waals surface area contributed by atoms with Crippen LogP contribution >= 0.6 is 8.25 Å². The molecule has 0 atom stereocenters. The first-order valence-electron chi connectivity index (χ1n) is 10.0. The second-order valence-corrected chi connectivity index (χ2v) is 7.44. The topological polar surface area (TPSA) is 59.6 Å². The Hall–Kier alpha value is 0.0700. The van der Waals surface area contributed by atoms with E-state index in [2.05, 4.69) is 24.5 Å². The molecule has 0 spiro atoms. The summed E-state index contributed by atoms with van der Waals surface area (Å²) < 4.78 is 21.8. The van der Waals surface area contributed by atoms with Crippen molar-refractivity contribution in [2.45, 2.75) is 90.9 Å². The summed E-state index contributed by atoms with van der Waals surface area (Å²) >= 11 is 0. The predicted molar refractivity (Wildman–Crippen MR) is 104 cm³/mol. The maximum absolute atomic E-state index is 11.5. The maximum Gasteiger partial charge on any atom is 0.321 e. The van der Waals surface area contributed by atoms with Crippen LogP contribution in [0.2, 0.25) is 0 Å². The Balaban J connectivity index is 3.13. The fraction of sp³-hybridized carbons (Fsp3) is 1.00. The number of hydrogen-bond donors (Lipinski definition) is 2. The molecular weight excluding hydrogens is 323 g/mol. The molecule has 0 saturated carbocycles. The van der Waals surface area contributed by atoms with Gasteiger partial charge in [-0.05, 0) is 25.9 Å². The molecule has 0 fully saturated rings. The Morgan fingerprint density at radius 3 is 1.42 bits per heavy atom. The molecular formula is C18H41N2O3P. The van der Waals surface area contributed by atoms with Crippen molar-refractivity contribution >= 4 is 8.25 Å². The van der Waals surface area contributed by atoms with Gasteiger partial charge in [0.2, 0.25) is 0 Å². The van der Waals surface area contributed by atoms with E-state index in [4.69, 9.17) is 9.05 Å². The molecule has 0 amide bonds. The van der Waals surface area contributed by atoms with Crippen molar-refractivity contribution in [2.75, 3.05) is 26.6 Å². The van der Waals surface area contributed by atoms with Gasteiger partial charge in [0, 0.05) is 0 Å². The largest absolute Gasteiger partial charge is 0.321 e. The summed E-state index contributed by atoms with van der Waals surface area (Å²) in [4.78, 5) is 0. The normalized spacial score (nSPS) is 11.5. The van der Waals surface area contributed by atoms with Gasteiger partial charge in [0.1, 0.15) is 13.5 Å². The fourth-order valence-corrected chi connectivity index (χ4v) is 2.99. The minimum Gasteiger partial charge on any atom is -0.295 e. The summed E-state index contributed by atoms with van der Waals surface area (Å²) in [5, 5.41) is 6.29. The first kappa shape index (κ1) is 24.1. The zero-order chi connectivity index (χ0) is 17.7. The Morgan fingerprint density at radius 2 is 1.00 bits per heavy atom. The van der Waals surface area contributed by atoms with Crippen LogP contribution in [0.3, 0.4) is 0 Å². The van der Waals surface area contributed by atoms with Gasteiger partial charge in [-0.15, -0.1) is 0 Å². The predicted octanol–water partition coefficient (Wildman–Crippen LogP) is 5.22. The third-order valence-electron chi connectivity index (χ3n) is 4.00. The number of rotatable bonds is 20. The molecule has 5 nitrogen and oxygen atoms in total. The van der Waals surface area contributed by atoms with E-state index in [0.717, 1.165) is 25.9 Å². The molecule has 0 saturated heterocycles. The van der Waals surface area contributed by atoms with Crippen LogP contribution in [0.15, 0.2) is 0 Å². The molecule has 24 heavy (non-hydrogen) atoms. The highest BCUT2D eigenvalue weighted by atomic mass is 31.1. The molecule has 0 aromatic carbocycles. The lowest BCUT2D eigenvalue weighted by molar-refractivity contribution is 0.201. The van der Waals surface area contributed by atoms with Gasteiger partial charge in [0.15, 0.2) is 0 Å². The van der Waals surface area contributed by atoms with Crippen molar-refractivity contribution in [3.05, 3.63) is 0 Å². The maximum atomic E-state index is 11.5. The van der Waals surface area contributed by atoms with Gasteiger partial charge in [-0.1, -0.05) is 78.1 Å². The number of unbranched alkanes of at least 4 members (excludes halogenated alkanes) is 10. The van der Waals surface area contributed by atoms with Crippen LogP contribution in [-0.4, -0.2) is 26.6 Å². The minimum atomic E-state index is -2.37. The van der Waals surface area contributed by atoms with Crippen molar-refractivity contribution in [3.8, 4) is 0 Å². The van der Waals surface area contributed by atoms with Crippen LogP contribution in [0.5, 0.6) is 0 Å². The Labute approximate surface area is 150 Å². The first-order chi connectivity index (χ1) is 11.8. The molecule has 146 valence electrons. The molecule has 0 rings (SSSR count). The van der Waals surface area contributed by atoms with Gasteiger partial charge in [-0.3, -0.25) is 24.2 Å². The SMILES string of the molecule is CCCCCCCCNCO[PH](=O)OCNCCCCCCCC. The van der Waals surface area contributed by atoms with Gasteiger partial charge in [0.05, 0.1) is 0 Å². The molecule has 0 heterocycles. The highest BCUT2D eigenvalue weighted by Crippen LogP contribution is 2.21. The van der Waals surface area contributed by atoms with Crippen LogP contribution in [-0.2, 0) is 13.6 Å². The second kappa shape index (κ2) is 21.1. The molecule has 0 bridgehead atoms. The van der Waals surface area contributed by atoms with Crippen molar-refractivity contribution in [3.63, 3.8) is 0 Å². The van der Waals surface area contributed by atoms with E-state index in [1.165, 1.54) is 64.2 Å². The van der Waals surface area contributed by atoms with Crippen LogP contribution in [0.25, 0.3) is 0 Å². The average molecular weight is 365 g/mol. The Bertz CT molecular complexity index is 245. The van der Waals surface area contributed by atoms with E-state index in [1.807, 2.05) is 0 Å². The summed E-state index contributed by atoms with van der Waals surface area (Å²) in [6, 6.07) is 0. The van der Waals surface area contributed by atoms with Gasteiger partial charge in [0.25, 0.3) is 0 Å². The van der Waals surface area contributed by atoms with E-state index in [0.29, 0.717) is 13.5 Å². The lowest BCUT2D eigenvalue weighted by atomic mass is 10.1. The molecule has 0 radical (unpaired) electrons. The second-order valence-electron chi connectivity index (χ2n) is 6.36. The first-order valence-corrected chi connectivity index (χ1v) is 11.2. The zero-order valence-corrected chi connectivity index (χ0v) is 17.0. The Kier molecular flexibility index (Phi) is 21.2. The molecule has 2 N–H and O–H groups in total. The molecule has 0 aliphatic carbocycles. The van der Waals surface area contributed by atoms with Crippen molar-refractivity contribution in [1.29, 1.82) is 0 Å². The minimum absolute atomic E-state index is 0.310. The number of nitrogens with one attached hydrogen (secondary N) is 2. The van der Waals surface area contributed by atoms with Gasteiger partial charge in [-0.25, -0.2) is 0 Å². The zero-order valence-electron chi connectivity index (χ0n) is 16.0. The molecule has 0 aromatic rings. The third-order valence-corrected chi connectivity index (χ3v) is 4.76. The van der Waals surface area contributed by atoms with E-state index >= 15 is 0 Å². The Morgan fingerprint density at radius 1 is 0.625 bits per heavy atom. The van der Waals surface area contributed by atoms with E-state index in [-0.39, 0.29) is 0 Å². The average Bonchev–Trinajstić information content (AvgIpc) is 2.59. The van der Waals surface area contributed by atoms with Gasteiger partial charge in [-0.2, -0.15) is 0 Å². The fourth-order valence-electron chi connectivity index (χ4n) is 2.47. The van der Waals surface area contributed by atoms with Crippen molar-refractivity contribution in [1.82, 2.24) is 10.6 Å². The summed E-state index contributed by atoms with van der Waals surface area (Å²) in [6.07, 6.45) is 15.3. The highest BCUT2D eigenvalue weighted by molar-refractivity contribution is 7.33. The van der Waals surface area contributed by atoms with Gasteiger partial charge >= 0.3 is 8.25 Å². The van der Waals surface area contributed by atoms with Crippen LogP contribution in [0.1, 0.15) is 90.9 Å².